The summed E-state index contributed by atoms with van der Waals surface area (Å²) in [6.45, 7) is 0.228. The van der Waals surface area contributed by atoms with E-state index in [1.54, 1.807) is 29.2 Å². The lowest BCUT2D eigenvalue weighted by Crippen LogP contribution is -2.49. The molecule has 2 atom stereocenters. The summed E-state index contributed by atoms with van der Waals surface area (Å²) in [5, 5.41) is 13.9. The van der Waals surface area contributed by atoms with Gasteiger partial charge in [0.2, 0.25) is 0 Å². The van der Waals surface area contributed by atoms with Crippen molar-refractivity contribution in [1.82, 2.24) is 4.90 Å². The molecule has 2 heterocycles. The molecule has 2 aliphatic heterocycles. The molecule has 5 rings (SSSR count). The van der Waals surface area contributed by atoms with Crippen molar-refractivity contribution in [3.05, 3.63) is 68.7 Å². The maximum atomic E-state index is 13.5. The van der Waals surface area contributed by atoms with Crippen LogP contribution in [0.3, 0.4) is 0 Å². The maximum Gasteiger partial charge on any atom is 0.286 e. The summed E-state index contributed by atoms with van der Waals surface area (Å²) in [7, 11) is -4.05. The van der Waals surface area contributed by atoms with Crippen LogP contribution in [-0.2, 0) is 21.4 Å². The minimum absolute atomic E-state index is 0.0263. The van der Waals surface area contributed by atoms with Crippen LogP contribution in [0, 0.1) is 15.3 Å². The Hall–Kier alpha value is -2.47. The first-order chi connectivity index (χ1) is 15.2. The van der Waals surface area contributed by atoms with Crippen molar-refractivity contribution < 1.29 is 22.7 Å². The van der Waals surface area contributed by atoms with E-state index < -0.39 is 15.9 Å². The molecular formula is C22H19FIN3O4S. The number of carbonyl (C=O) groups excluding carboxylic acids is 1. The minimum Gasteiger partial charge on any atom is -0.511 e. The predicted molar refractivity (Wildman–Crippen MR) is 125 cm³/mol. The summed E-state index contributed by atoms with van der Waals surface area (Å²) in [5.41, 5.74) is 0.933. The normalized spacial score (nSPS) is 24.0. The summed E-state index contributed by atoms with van der Waals surface area (Å²) < 4.78 is 43.6. The van der Waals surface area contributed by atoms with Crippen molar-refractivity contribution in [2.75, 3.05) is 5.32 Å². The van der Waals surface area contributed by atoms with E-state index in [0.717, 1.165) is 22.0 Å². The molecule has 2 unspecified atom stereocenters. The number of aliphatic hydroxyl groups is 1. The summed E-state index contributed by atoms with van der Waals surface area (Å²) in [5.74, 6) is -1.45. The monoisotopic (exact) mass is 567 g/mol. The van der Waals surface area contributed by atoms with Crippen molar-refractivity contribution in [2.45, 2.75) is 36.7 Å². The van der Waals surface area contributed by atoms with Gasteiger partial charge in [0.05, 0.1) is 5.69 Å². The van der Waals surface area contributed by atoms with Crippen molar-refractivity contribution in [3.8, 4) is 0 Å². The molecule has 1 aliphatic carbocycles. The first-order valence-corrected chi connectivity index (χ1v) is 12.7. The molecule has 1 amide bonds. The van der Waals surface area contributed by atoms with E-state index in [2.05, 4.69) is 9.71 Å². The Bertz CT molecular complexity index is 1290. The first-order valence-electron chi connectivity index (χ1n) is 10.1. The highest BCUT2D eigenvalue weighted by atomic mass is 127. The smallest absolute Gasteiger partial charge is 0.286 e. The van der Waals surface area contributed by atoms with Crippen LogP contribution in [0.25, 0.3) is 0 Å². The Labute approximate surface area is 198 Å². The number of carbonyl (C=O) groups is 1. The second kappa shape index (κ2) is 7.84. The van der Waals surface area contributed by atoms with Crippen LogP contribution in [0.2, 0.25) is 0 Å². The molecule has 10 heteroatoms. The molecule has 0 radical (unpaired) electrons. The maximum absolute atomic E-state index is 13.5. The molecule has 2 N–H and O–H groups in total. The minimum atomic E-state index is -4.05. The lowest BCUT2D eigenvalue weighted by Gasteiger charge is -2.39. The standard InChI is InChI=1S/C22H19FIN3O4S/c23-13-6-4-12(5-7-13)11-27-17-3-1-2-15(17)20(28)19(22(27)29)21-25-16-9-8-14(24)10-18(16)32(30,31)26-21/h4-10,15,17,28H,1-3,11H2,(H,25,26). The number of anilines is 1. The fourth-order valence-corrected chi connectivity index (χ4v) is 6.51. The average Bonchev–Trinajstić information content (AvgIpc) is 3.23. The molecule has 0 saturated heterocycles. The third-order valence-corrected chi connectivity index (χ3v) is 8.14. The van der Waals surface area contributed by atoms with Gasteiger partial charge in [0.15, 0.2) is 5.84 Å². The Balaban J connectivity index is 1.57. The highest BCUT2D eigenvalue weighted by Gasteiger charge is 2.46. The van der Waals surface area contributed by atoms with Gasteiger partial charge in [0.1, 0.15) is 22.0 Å². The number of benzene rings is 2. The molecule has 1 fully saturated rings. The molecule has 1 saturated carbocycles. The SMILES string of the molecule is O=C1C(C2=NS(=O)(=O)c3cc(I)ccc3N2)=C(O)C2CCCC2N1Cc1ccc(F)cc1. The van der Waals surface area contributed by atoms with Gasteiger partial charge in [-0.1, -0.05) is 18.6 Å². The Morgan fingerprint density at radius 1 is 1.19 bits per heavy atom. The van der Waals surface area contributed by atoms with E-state index in [-0.39, 0.29) is 46.4 Å². The van der Waals surface area contributed by atoms with Gasteiger partial charge in [-0.3, -0.25) is 4.79 Å². The van der Waals surface area contributed by atoms with Gasteiger partial charge >= 0.3 is 0 Å². The number of nitrogens with zero attached hydrogens (tertiary/aromatic N) is 2. The molecule has 2 aromatic carbocycles. The van der Waals surface area contributed by atoms with Crippen LogP contribution in [0.15, 0.2) is 63.1 Å². The fourth-order valence-electron chi connectivity index (χ4n) is 4.66. The third-order valence-electron chi connectivity index (χ3n) is 6.15. The van der Waals surface area contributed by atoms with Crippen molar-refractivity contribution in [1.29, 1.82) is 0 Å². The lowest BCUT2D eigenvalue weighted by atomic mass is 9.89. The zero-order valence-electron chi connectivity index (χ0n) is 16.8. The molecule has 3 aliphatic rings. The number of hydrogen-bond donors (Lipinski definition) is 2. The van der Waals surface area contributed by atoms with Gasteiger partial charge in [0, 0.05) is 22.1 Å². The topological polar surface area (TPSA) is 99.1 Å². The first kappa shape index (κ1) is 21.4. The zero-order chi connectivity index (χ0) is 22.6. The van der Waals surface area contributed by atoms with Crippen molar-refractivity contribution in [2.24, 2.45) is 10.3 Å². The number of sulfonamides is 1. The number of nitrogens with one attached hydrogen (secondary N) is 1. The number of rotatable bonds is 3. The van der Waals surface area contributed by atoms with Crippen molar-refractivity contribution >= 4 is 50.0 Å². The molecule has 0 aromatic heterocycles. The third kappa shape index (κ3) is 3.58. The number of amides is 1. The summed E-state index contributed by atoms with van der Waals surface area (Å²) in [6.07, 6.45) is 2.25. The van der Waals surface area contributed by atoms with E-state index >= 15 is 0 Å². The lowest BCUT2D eigenvalue weighted by molar-refractivity contribution is -0.132. The van der Waals surface area contributed by atoms with Crippen LogP contribution >= 0.6 is 22.6 Å². The number of hydrogen-bond acceptors (Lipinski definition) is 5. The second-order valence-electron chi connectivity index (χ2n) is 8.10. The number of halogens is 2. The predicted octanol–water partition coefficient (Wildman–Crippen LogP) is 3.97. The molecule has 166 valence electrons. The van der Waals surface area contributed by atoms with E-state index in [1.165, 1.54) is 18.2 Å². The molecule has 2 aromatic rings. The summed E-state index contributed by atoms with van der Waals surface area (Å²) in [6, 6.07) is 10.6. The van der Waals surface area contributed by atoms with Crippen LogP contribution in [0.5, 0.6) is 0 Å². The van der Waals surface area contributed by atoms with Crippen LogP contribution in [0.4, 0.5) is 10.1 Å². The van der Waals surface area contributed by atoms with E-state index in [1.807, 2.05) is 22.6 Å². The molecule has 0 spiro atoms. The largest absolute Gasteiger partial charge is 0.511 e. The van der Waals surface area contributed by atoms with Gasteiger partial charge in [0.25, 0.3) is 15.9 Å². The number of fused-ring (bicyclic) bond motifs is 2. The fraction of sp³-hybridized carbons (Fsp3) is 0.273. The highest BCUT2D eigenvalue weighted by Crippen LogP contribution is 2.42. The number of aliphatic hydroxyl groups excluding tert-OH is 1. The van der Waals surface area contributed by atoms with E-state index in [4.69, 9.17) is 0 Å². The summed E-state index contributed by atoms with van der Waals surface area (Å²) >= 11 is 2.02. The van der Waals surface area contributed by atoms with Gasteiger partial charge in [-0.15, -0.1) is 4.40 Å². The quantitative estimate of drug-likeness (QED) is 0.548. The van der Waals surface area contributed by atoms with Crippen molar-refractivity contribution in [3.63, 3.8) is 0 Å². The molecule has 7 nitrogen and oxygen atoms in total. The average molecular weight is 567 g/mol. The van der Waals surface area contributed by atoms with E-state index in [0.29, 0.717) is 12.1 Å². The van der Waals surface area contributed by atoms with Gasteiger partial charge in [-0.2, -0.15) is 8.42 Å². The molecule has 0 bridgehead atoms. The summed E-state index contributed by atoms with van der Waals surface area (Å²) in [4.78, 5) is 15.2. The Morgan fingerprint density at radius 3 is 2.69 bits per heavy atom. The Kier molecular flexibility index (Phi) is 5.24. The van der Waals surface area contributed by atoms with Crippen LogP contribution < -0.4 is 5.32 Å². The second-order valence-corrected chi connectivity index (χ2v) is 10.9. The van der Waals surface area contributed by atoms with Gasteiger partial charge in [-0.25, -0.2) is 4.39 Å². The van der Waals surface area contributed by atoms with Crippen LogP contribution in [0.1, 0.15) is 24.8 Å². The van der Waals surface area contributed by atoms with E-state index in [9.17, 15) is 22.7 Å². The van der Waals surface area contributed by atoms with Gasteiger partial charge < -0.3 is 15.3 Å². The Morgan fingerprint density at radius 2 is 1.94 bits per heavy atom. The number of amidine groups is 1. The highest BCUT2D eigenvalue weighted by molar-refractivity contribution is 14.1. The van der Waals surface area contributed by atoms with Gasteiger partial charge in [-0.05, 0) is 71.3 Å². The van der Waals surface area contributed by atoms with Crippen LogP contribution in [-0.4, -0.2) is 36.2 Å². The zero-order valence-corrected chi connectivity index (χ0v) is 19.7. The molecular weight excluding hydrogens is 548 g/mol. The molecule has 32 heavy (non-hydrogen) atoms.